The Bertz CT molecular complexity index is 763. The molecule has 1 saturated heterocycles. The number of nitrogens with zero attached hydrogens (tertiary/aromatic N) is 1. The zero-order valence-corrected chi connectivity index (χ0v) is 15.5. The molecule has 0 radical (unpaired) electrons. The number of likely N-dealkylation sites (tertiary alicyclic amines) is 1. The quantitative estimate of drug-likeness (QED) is 0.773. The Kier molecular flexibility index (Phi) is 6.65. The third-order valence-corrected chi connectivity index (χ3v) is 4.74. The number of carbonyl (C=O) groups excluding carboxylic acids is 1. The first-order chi connectivity index (χ1) is 13.2. The molecule has 6 heteroatoms. The highest BCUT2D eigenvalue weighted by Gasteiger charge is 2.26. The van der Waals surface area contributed by atoms with E-state index in [0.29, 0.717) is 12.3 Å². The van der Waals surface area contributed by atoms with Crippen LogP contribution in [0.3, 0.4) is 0 Å². The van der Waals surface area contributed by atoms with Gasteiger partial charge in [0.05, 0.1) is 13.2 Å². The summed E-state index contributed by atoms with van der Waals surface area (Å²) in [6.07, 6.45) is 2.31. The van der Waals surface area contributed by atoms with Gasteiger partial charge in [0.1, 0.15) is 17.3 Å². The summed E-state index contributed by atoms with van der Waals surface area (Å²) in [6.45, 7) is 2.31. The molecule has 1 heterocycles. The number of methoxy groups -OCH3 is 1. The Balaban J connectivity index is 1.61. The van der Waals surface area contributed by atoms with Gasteiger partial charge in [-0.2, -0.15) is 0 Å². The Labute approximate surface area is 159 Å². The van der Waals surface area contributed by atoms with Crippen LogP contribution in [0.5, 0.6) is 11.5 Å². The number of hydrogen-bond donors (Lipinski definition) is 1. The number of para-hydroxylation sites is 1. The smallest absolute Gasteiger partial charge is 0.258 e. The van der Waals surface area contributed by atoms with E-state index in [1.54, 1.807) is 19.2 Å². The molecule has 1 aliphatic rings. The minimum Gasteiger partial charge on any atom is -0.496 e. The predicted molar refractivity (Wildman–Crippen MR) is 101 cm³/mol. The van der Waals surface area contributed by atoms with Crippen molar-refractivity contribution in [1.82, 2.24) is 10.2 Å². The van der Waals surface area contributed by atoms with Crippen molar-refractivity contribution < 1.29 is 18.7 Å². The third-order valence-electron chi connectivity index (χ3n) is 4.74. The molecule has 2 aromatic rings. The molecule has 0 aliphatic carbocycles. The highest BCUT2D eigenvalue weighted by atomic mass is 19.1. The van der Waals surface area contributed by atoms with Crippen LogP contribution in [-0.2, 0) is 4.79 Å². The van der Waals surface area contributed by atoms with Crippen LogP contribution in [0, 0.1) is 5.82 Å². The third kappa shape index (κ3) is 5.20. The van der Waals surface area contributed by atoms with Crippen molar-refractivity contribution in [3.05, 3.63) is 59.9 Å². The van der Waals surface area contributed by atoms with Crippen molar-refractivity contribution in [3.8, 4) is 11.5 Å². The summed E-state index contributed by atoms with van der Waals surface area (Å²) in [5.74, 6) is 0.530. The number of ether oxygens (including phenoxy) is 2. The van der Waals surface area contributed by atoms with E-state index >= 15 is 0 Å². The molecule has 2 aromatic carbocycles. The van der Waals surface area contributed by atoms with Crippen LogP contribution in [0.2, 0.25) is 0 Å². The second kappa shape index (κ2) is 9.37. The Morgan fingerprint density at radius 2 is 1.96 bits per heavy atom. The lowest BCUT2D eigenvalue weighted by atomic mass is 10.0. The van der Waals surface area contributed by atoms with Crippen molar-refractivity contribution in [3.63, 3.8) is 0 Å². The zero-order chi connectivity index (χ0) is 19.1. The van der Waals surface area contributed by atoms with Gasteiger partial charge in [-0.25, -0.2) is 4.39 Å². The number of benzene rings is 2. The highest BCUT2D eigenvalue weighted by molar-refractivity contribution is 5.77. The number of halogens is 1. The fourth-order valence-electron chi connectivity index (χ4n) is 3.40. The number of nitrogens with one attached hydrogen (secondary N) is 1. The summed E-state index contributed by atoms with van der Waals surface area (Å²) in [6, 6.07) is 13.7. The van der Waals surface area contributed by atoms with E-state index in [2.05, 4.69) is 10.2 Å². The van der Waals surface area contributed by atoms with E-state index in [1.165, 1.54) is 12.1 Å². The molecule has 1 fully saturated rings. The van der Waals surface area contributed by atoms with Gasteiger partial charge in [0, 0.05) is 18.2 Å². The molecule has 1 N–H and O–H groups in total. The molecule has 0 aromatic heterocycles. The standard InChI is InChI=1S/C21H25FN2O3/c1-26-20-10-3-2-9-18(20)19(24-11-4-5-12-24)14-23-21(25)15-27-17-8-6-7-16(22)13-17/h2-3,6-10,13,19H,4-5,11-12,14-15H2,1H3,(H,23,25). The molecule has 1 amide bonds. The largest absolute Gasteiger partial charge is 0.496 e. The molecule has 0 saturated carbocycles. The minimum atomic E-state index is -0.391. The van der Waals surface area contributed by atoms with Crippen molar-refractivity contribution in [2.75, 3.05) is 33.4 Å². The second-order valence-electron chi connectivity index (χ2n) is 6.55. The molecule has 1 aliphatic heterocycles. The van der Waals surface area contributed by atoms with Gasteiger partial charge < -0.3 is 14.8 Å². The van der Waals surface area contributed by atoms with Crippen LogP contribution in [-0.4, -0.2) is 44.2 Å². The van der Waals surface area contributed by atoms with Crippen LogP contribution in [0.25, 0.3) is 0 Å². The van der Waals surface area contributed by atoms with Crippen LogP contribution in [0.4, 0.5) is 4.39 Å². The molecule has 144 valence electrons. The second-order valence-corrected chi connectivity index (χ2v) is 6.55. The summed E-state index contributed by atoms with van der Waals surface area (Å²) in [5, 5.41) is 2.94. The van der Waals surface area contributed by atoms with E-state index in [0.717, 1.165) is 37.2 Å². The highest BCUT2D eigenvalue weighted by Crippen LogP contribution is 2.31. The number of amides is 1. The van der Waals surface area contributed by atoms with Crippen LogP contribution in [0.15, 0.2) is 48.5 Å². The van der Waals surface area contributed by atoms with E-state index in [4.69, 9.17) is 9.47 Å². The first-order valence-electron chi connectivity index (χ1n) is 9.19. The molecule has 0 bridgehead atoms. The summed E-state index contributed by atoms with van der Waals surface area (Å²) in [4.78, 5) is 14.6. The maximum atomic E-state index is 13.2. The Morgan fingerprint density at radius 1 is 1.19 bits per heavy atom. The van der Waals surface area contributed by atoms with Gasteiger partial charge in [-0.1, -0.05) is 24.3 Å². The maximum Gasteiger partial charge on any atom is 0.258 e. The van der Waals surface area contributed by atoms with E-state index in [1.807, 2.05) is 24.3 Å². The summed E-state index contributed by atoms with van der Waals surface area (Å²) >= 11 is 0. The molecular formula is C21H25FN2O3. The van der Waals surface area contributed by atoms with Gasteiger partial charge in [-0.05, 0) is 44.1 Å². The van der Waals surface area contributed by atoms with Gasteiger partial charge >= 0.3 is 0 Å². The molecule has 0 spiro atoms. The molecule has 3 rings (SSSR count). The molecular weight excluding hydrogens is 347 g/mol. The van der Waals surface area contributed by atoms with Crippen LogP contribution < -0.4 is 14.8 Å². The lowest BCUT2D eigenvalue weighted by Gasteiger charge is -2.29. The van der Waals surface area contributed by atoms with Gasteiger partial charge in [0.2, 0.25) is 0 Å². The number of rotatable bonds is 8. The van der Waals surface area contributed by atoms with Crippen molar-refractivity contribution in [2.45, 2.75) is 18.9 Å². The van der Waals surface area contributed by atoms with Crippen LogP contribution in [0.1, 0.15) is 24.4 Å². The maximum absolute atomic E-state index is 13.2. The monoisotopic (exact) mass is 372 g/mol. The lowest BCUT2D eigenvalue weighted by Crippen LogP contribution is -2.38. The Morgan fingerprint density at radius 3 is 2.70 bits per heavy atom. The van der Waals surface area contributed by atoms with E-state index < -0.39 is 5.82 Å². The SMILES string of the molecule is COc1ccccc1C(CNC(=O)COc1cccc(F)c1)N1CCCC1. The van der Waals surface area contributed by atoms with Gasteiger partial charge in [0.25, 0.3) is 5.91 Å². The lowest BCUT2D eigenvalue weighted by molar-refractivity contribution is -0.123. The summed E-state index contributed by atoms with van der Waals surface area (Å²) in [7, 11) is 1.66. The minimum absolute atomic E-state index is 0.0433. The van der Waals surface area contributed by atoms with Gasteiger partial charge in [-0.15, -0.1) is 0 Å². The van der Waals surface area contributed by atoms with Crippen molar-refractivity contribution in [2.24, 2.45) is 0 Å². The predicted octanol–water partition coefficient (Wildman–Crippen LogP) is 3.17. The molecule has 27 heavy (non-hydrogen) atoms. The first kappa shape index (κ1) is 19.2. The summed E-state index contributed by atoms with van der Waals surface area (Å²) in [5.41, 5.74) is 1.06. The van der Waals surface area contributed by atoms with E-state index in [-0.39, 0.29) is 18.6 Å². The van der Waals surface area contributed by atoms with Gasteiger partial charge in [-0.3, -0.25) is 9.69 Å². The van der Waals surface area contributed by atoms with E-state index in [9.17, 15) is 9.18 Å². The van der Waals surface area contributed by atoms with Gasteiger partial charge in [0.15, 0.2) is 6.61 Å². The first-order valence-corrected chi connectivity index (χ1v) is 9.19. The number of hydrogen-bond acceptors (Lipinski definition) is 4. The molecule has 1 atom stereocenters. The average molecular weight is 372 g/mol. The fraction of sp³-hybridized carbons (Fsp3) is 0.381. The topological polar surface area (TPSA) is 50.8 Å². The Hall–Kier alpha value is -2.60. The van der Waals surface area contributed by atoms with Crippen molar-refractivity contribution in [1.29, 1.82) is 0 Å². The fourth-order valence-corrected chi connectivity index (χ4v) is 3.40. The van der Waals surface area contributed by atoms with Crippen molar-refractivity contribution >= 4 is 5.91 Å². The summed E-state index contributed by atoms with van der Waals surface area (Å²) < 4.78 is 24.1. The molecule has 5 nitrogen and oxygen atoms in total. The normalized spacial score (nSPS) is 15.3. The van der Waals surface area contributed by atoms with Crippen LogP contribution >= 0.6 is 0 Å². The average Bonchev–Trinajstić information content (AvgIpc) is 3.21. The molecule has 1 unspecified atom stereocenters. The zero-order valence-electron chi connectivity index (χ0n) is 15.5. The number of carbonyl (C=O) groups is 1.